The Morgan fingerprint density at radius 2 is 1.32 bits per heavy atom. The van der Waals surface area contributed by atoms with Gasteiger partial charge in [-0.1, -0.05) is 56.6 Å². The average molecular weight is 1210 g/mol. The summed E-state index contributed by atoms with van der Waals surface area (Å²) in [5.74, 6) is -0.960. The molecule has 3 aromatic carbocycles. The Kier molecular flexibility index (Phi) is 26.1. The topological polar surface area (TPSA) is 259 Å². The Balaban J connectivity index is 0.729. The molecule has 5 aromatic rings. The van der Waals surface area contributed by atoms with Crippen molar-refractivity contribution in [2.24, 2.45) is 5.41 Å². The van der Waals surface area contributed by atoms with Crippen molar-refractivity contribution in [2.75, 3.05) is 103 Å². The monoisotopic (exact) mass is 1210 g/mol. The summed E-state index contributed by atoms with van der Waals surface area (Å²) in [5, 5.41) is 23.6. The molecule has 26 heteroatoms. The average Bonchev–Trinajstić information content (AvgIpc) is 4.25. The van der Waals surface area contributed by atoms with Gasteiger partial charge >= 0.3 is 12.2 Å². The summed E-state index contributed by atoms with van der Waals surface area (Å²) in [6.07, 6.45) is -4.08. The van der Waals surface area contributed by atoms with Crippen molar-refractivity contribution in [1.29, 1.82) is 0 Å². The second kappa shape index (κ2) is 33.0. The summed E-state index contributed by atoms with van der Waals surface area (Å²) in [5.41, 5.74) is 3.25. The number of amides is 6. The summed E-state index contributed by atoms with van der Waals surface area (Å²) in [4.78, 5) is 76.7. The molecule has 84 heavy (non-hydrogen) atoms. The lowest BCUT2D eigenvalue weighted by atomic mass is 9.85. The number of pyridine rings is 1. The predicted octanol–water partition coefficient (Wildman–Crippen LogP) is 8.21. The molecular formula is C58H72ClF3N8O13S. The third-order valence-corrected chi connectivity index (χ3v) is 14.1. The van der Waals surface area contributed by atoms with Gasteiger partial charge in [0.2, 0.25) is 17.7 Å². The molecule has 6 rings (SSSR count). The summed E-state index contributed by atoms with van der Waals surface area (Å²) in [6.45, 7) is 13.1. The molecule has 21 nitrogen and oxygen atoms in total. The van der Waals surface area contributed by atoms with Gasteiger partial charge in [0.15, 0.2) is 0 Å². The van der Waals surface area contributed by atoms with Crippen molar-refractivity contribution in [1.82, 2.24) is 30.8 Å². The zero-order valence-corrected chi connectivity index (χ0v) is 49.0. The number of carbonyl (C=O) groups excluding carboxylic acids is 5. The largest absolute Gasteiger partial charge is 0.457 e. The maximum atomic E-state index is 14.0. The number of alkyl halides is 3. The summed E-state index contributed by atoms with van der Waals surface area (Å²) in [7, 11) is 0. The molecule has 0 bridgehead atoms. The molecule has 0 spiro atoms. The number of urea groups is 1. The number of aryl methyl sites for hydroxylation is 1. The van der Waals surface area contributed by atoms with Crippen LogP contribution in [0.2, 0.25) is 5.02 Å². The number of likely N-dealkylation sites (tertiary alicyclic amines) is 1. The molecule has 4 atom stereocenters. The number of rotatable bonds is 32. The Hall–Kier alpha value is -6.81. The van der Waals surface area contributed by atoms with E-state index in [4.69, 9.17) is 44.8 Å². The van der Waals surface area contributed by atoms with Crippen LogP contribution in [-0.2, 0) is 49.0 Å². The van der Waals surface area contributed by atoms with E-state index in [1.807, 2.05) is 58.9 Å². The van der Waals surface area contributed by atoms with Crippen molar-refractivity contribution in [3.05, 3.63) is 118 Å². The Bertz CT molecular complexity index is 2920. The second-order valence-electron chi connectivity index (χ2n) is 20.3. The Morgan fingerprint density at radius 3 is 1.90 bits per heavy atom. The molecule has 1 saturated heterocycles. The first-order valence-corrected chi connectivity index (χ1v) is 28.4. The maximum absolute atomic E-state index is 14.0. The SMILES string of the molecule is Cc1ncsc1-c1ccc(C(C)NC(=O)[C@@H]2C[C@@H](O)CN2C(=O)C(NC(=O)CCOCCOCCOCCOCCOCCOCCNC(=O)c2cc(Oc3ccc(NC(=O)Nc4ccc(Cl)c(C(F)(F)F)c4)cc3)ccn2)C(C)(C)C)cc1. The van der Waals surface area contributed by atoms with Gasteiger partial charge in [0.05, 0.1) is 118 Å². The minimum Gasteiger partial charge on any atom is -0.457 e. The van der Waals surface area contributed by atoms with Gasteiger partial charge in [-0.2, -0.15) is 13.2 Å². The van der Waals surface area contributed by atoms with E-state index in [1.165, 1.54) is 35.4 Å². The van der Waals surface area contributed by atoms with E-state index in [-0.39, 0.29) is 81.6 Å². The van der Waals surface area contributed by atoms with E-state index in [9.17, 15) is 42.3 Å². The summed E-state index contributed by atoms with van der Waals surface area (Å²) < 4.78 is 78.6. The Morgan fingerprint density at radius 1 is 0.738 bits per heavy atom. The minimum absolute atomic E-state index is 0.000470. The number of aliphatic hydroxyl groups excluding tert-OH is 1. The first kappa shape index (κ1) is 66.3. The number of anilines is 2. The number of hydrogen-bond acceptors (Lipinski definition) is 16. The first-order chi connectivity index (χ1) is 40.2. The van der Waals surface area contributed by atoms with E-state index in [0.29, 0.717) is 70.0 Å². The molecule has 1 aliphatic rings. The van der Waals surface area contributed by atoms with Crippen LogP contribution < -0.4 is 31.3 Å². The van der Waals surface area contributed by atoms with Crippen LogP contribution in [0.1, 0.15) is 73.9 Å². The molecule has 0 aliphatic carbocycles. The van der Waals surface area contributed by atoms with E-state index in [1.54, 1.807) is 35.0 Å². The van der Waals surface area contributed by atoms with E-state index in [2.05, 4.69) is 36.6 Å². The summed E-state index contributed by atoms with van der Waals surface area (Å²) >= 11 is 7.21. The number of halogens is 4. The van der Waals surface area contributed by atoms with E-state index in [0.717, 1.165) is 33.8 Å². The molecule has 6 N–H and O–H groups in total. The van der Waals surface area contributed by atoms with Crippen molar-refractivity contribution < 1.29 is 75.4 Å². The highest BCUT2D eigenvalue weighted by Crippen LogP contribution is 2.36. The van der Waals surface area contributed by atoms with Crippen molar-refractivity contribution in [3.8, 4) is 21.9 Å². The molecule has 2 unspecified atom stereocenters. The van der Waals surface area contributed by atoms with Crippen molar-refractivity contribution in [3.63, 3.8) is 0 Å². The number of nitrogens with zero attached hydrogens (tertiary/aromatic N) is 3. The quantitative estimate of drug-likeness (QED) is 0.0222. The first-order valence-electron chi connectivity index (χ1n) is 27.2. The van der Waals surface area contributed by atoms with E-state index < -0.39 is 58.2 Å². The van der Waals surface area contributed by atoms with Crippen LogP contribution in [0.15, 0.2) is 90.6 Å². The van der Waals surface area contributed by atoms with Gasteiger partial charge in [-0.25, -0.2) is 9.78 Å². The van der Waals surface area contributed by atoms with Gasteiger partial charge in [0.1, 0.15) is 29.3 Å². The fraction of sp³-hybridized carbons (Fsp3) is 0.466. The van der Waals surface area contributed by atoms with Gasteiger partial charge in [0.25, 0.3) is 5.91 Å². The number of aliphatic hydroxyl groups is 1. The molecule has 1 fully saturated rings. The molecule has 0 radical (unpaired) electrons. The number of aromatic nitrogens is 2. The van der Waals surface area contributed by atoms with Crippen LogP contribution in [0.5, 0.6) is 11.5 Å². The van der Waals surface area contributed by atoms with Crippen molar-refractivity contribution >= 4 is 64.0 Å². The van der Waals surface area contributed by atoms with Crippen LogP contribution in [-0.4, -0.2) is 160 Å². The highest BCUT2D eigenvalue weighted by Gasteiger charge is 2.45. The van der Waals surface area contributed by atoms with Gasteiger partial charge in [-0.15, -0.1) is 11.3 Å². The normalized spacial score (nSPS) is 15.0. The van der Waals surface area contributed by atoms with Crippen LogP contribution in [0.25, 0.3) is 10.4 Å². The molecular weight excluding hydrogens is 1140 g/mol. The number of nitrogens with one attached hydrogen (secondary N) is 5. The highest BCUT2D eigenvalue weighted by atomic mass is 35.5. The Labute approximate surface area is 494 Å². The molecule has 456 valence electrons. The lowest BCUT2D eigenvalue weighted by Gasteiger charge is -2.35. The van der Waals surface area contributed by atoms with Crippen molar-refractivity contribution in [2.45, 2.75) is 77.9 Å². The summed E-state index contributed by atoms with van der Waals surface area (Å²) in [6, 6.07) is 17.1. The number of hydrogen-bond donors (Lipinski definition) is 6. The second-order valence-corrected chi connectivity index (χ2v) is 21.6. The maximum Gasteiger partial charge on any atom is 0.417 e. The number of thiazole rings is 1. The number of benzene rings is 3. The standard InChI is InChI=1S/C58H72ClF3N8O13S/c1-37(39-6-8-40(9-7-39)51-38(2)65-36-84-51)66-54(74)49-33-43(71)35-70(49)55(75)52(57(3,4)5)69-50(72)17-20-77-22-24-79-26-28-81-30-31-82-29-27-80-25-23-78-21-19-64-53(73)48-34-45(16-18-63-48)83-44-13-10-41(11-14-44)67-56(76)68-42-12-15-47(59)46(32-42)58(60,61)62/h6-16,18,32,34,36-37,43,49,52,71H,17,19-31,33,35H2,1-5H3,(H,64,73)(H,66,74)(H,69,72)(H2,67,68,76)/t37?,43-,49+,52?/m1/s1. The lowest BCUT2D eigenvalue weighted by Crippen LogP contribution is -2.58. The minimum atomic E-state index is -4.69. The zero-order chi connectivity index (χ0) is 60.7. The zero-order valence-electron chi connectivity index (χ0n) is 47.4. The highest BCUT2D eigenvalue weighted by molar-refractivity contribution is 7.13. The molecule has 6 amide bonds. The lowest BCUT2D eigenvalue weighted by molar-refractivity contribution is -0.144. The fourth-order valence-corrected chi connectivity index (χ4v) is 9.43. The predicted molar refractivity (Wildman–Crippen MR) is 308 cm³/mol. The van der Waals surface area contributed by atoms with Crippen LogP contribution >= 0.6 is 22.9 Å². The number of carbonyl (C=O) groups is 5. The molecule has 2 aromatic heterocycles. The van der Waals surface area contributed by atoms with Gasteiger partial charge < -0.3 is 69.7 Å². The number of β-amino-alcohol motifs (C(OH)–C–C–N with tert-alkyl or cyclic N) is 1. The van der Waals surface area contributed by atoms with Gasteiger partial charge in [-0.3, -0.25) is 24.2 Å². The van der Waals surface area contributed by atoms with Crippen LogP contribution in [0.4, 0.5) is 29.3 Å². The molecule has 1 aliphatic heterocycles. The van der Waals surface area contributed by atoms with Gasteiger partial charge in [0, 0.05) is 49.6 Å². The molecule has 3 heterocycles. The smallest absolute Gasteiger partial charge is 0.417 e. The van der Waals surface area contributed by atoms with Gasteiger partial charge in [-0.05, 0) is 78.9 Å². The molecule has 0 saturated carbocycles. The number of ether oxygens (including phenoxy) is 7. The fourth-order valence-electron chi connectivity index (χ4n) is 8.40. The third-order valence-electron chi connectivity index (χ3n) is 12.8. The van der Waals surface area contributed by atoms with Crippen LogP contribution in [0.3, 0.4) is 0 Å². The van der Waals surface area contributed by atoms with E-state index >= 15 is 0 Å². The van der Waals surface area contributed by atoms with Crippen LogP contribution in [0, 0.1) is 12.3 Å². The third kappa shape index (κ3) is 21.7.